The quantitative estimate of drug-likeness (QED) is 0.879. The summed E-state index contributed by atoms with van der Waals surface area (Å²) < 4.78 is 13.7. The van der Waals surface area contributed by atoms with Crippen LogP contribution in [-0.2, 0) is 6.42 Å². The lowest BCUT2D eigenvalue weighted by Gasteiger charge is -2.13. The first-order valence-corrected chi connectivity index (χ1v) is 6.70. The van der Waals surface area contributed by atoms with Crippen molar-refractivity contribution in [2.24, 2.45) is 5.73 Å². The molecule has 1 unspecified atom stereocenters. The molecule has 0 aromatic heterocycles. The molecule has 2 rings (SSSR count). The van der Waals surface area contributed by atoms with E-state index in [-0.39, 0.29) is 11.9 Å². The van der Waals surface area contributed by atoms with Crippen LogP contribution >= 0.6 is 11.6 Å². The highest BCUT2D eigenvalue weighted by Crippen LogP contribution is 2.22. The van der Waals surface area contributed by atoms with Crippen LogP contribution in [0.3, 0.4) is 0 Å². The predicted octanol–water partition coefficient (Wildman–Crippen LogP) is 4.42. The van der Waals surface area contributed by atoms with Crippen LogP contribution < -0.4 is 5.73 Å². The normalized spacial score (nSPS) is 12.4. The van der Waals surface area contributed by atoms with Gasteiger partial charge in [-0.05, 0) is 37.5 Å². The van der Waals surface area contributed by atoms with E-state index in [1.165, 1.54) is 17.2 Å². The van der Waals surface area contributed by atoms with Crippen molar-refractivity contribution in [1.82, 2.24) is 0 Å². The Hall–Kier alpha value is -1.38. The van der Waals surface area contributed by atoms with Crippen molar-refractivity contribution in [2.45, 2.75) is 25.8 Å². The summed E-state index contributed by atoms with van der Waals surface area (Å²) >= 11 is 5.73. The fraction of sp³-hybridized carbons (Fsp3) is 0.250. The first-order chi connectivity index (χ1) is 9.06. The van der Waals surface area contributed by atoms with Gasteiger partial charge < -0.3 is 5.73 Å². The second kappa shape index (κ2) is 6.18. The van der Waals surface area contributed by atoms with E-state index in [9.17, 15) is 4.39 Å². The molecule has 3 heteroatoms. The second-order valence-corrected chi connectivity index (χ2v) is 5.23. The Morgan fingerprint density at radius 2 is 1.84 bits per heavy atom. The smallest absolute Gasteiger partial charge is 0.129 e. The zero-order chi connectivity index (χ0) is 13.8. The summed E-state index contributed by atoms with van der Waals surface area (Å²) in [4.78, 5) is 0. The molecule has 0 saturated carbocycles. The van der Waals surface area contributed by atoms with E-state index >= 15 is 0 Å². The number of hydrogen-bond donors (Lipinski definition) is 1. The lowest BCUT2D eigenvalue weighted by molar-refractivity contribution is 0.564. The summed E-state index contributed by atoms with van der Waals surface area (Å²) in [6.45, 7) is 2.05. The zero-order valence-corrected chi connectivity index (χ0v) is 11.6. The van der Waals surface area contributed by atoms with E-state index in [1.54, 1.807) is 12.1 Å². The van der Waals surface area contributed by atoms with Crippen LogP contribution in [0.4, 0.5) is 4.39 Å². The minimum atomic E-state index is -0.330. The third-order valence-corrected chi connectivity index (χ3v) is 3.46. The lowest BCUT2D eigenvalue weighted by Crippen LogP contribution is -2.13. The molecule has 0 bridgehead atoms. The number of aryl methyl sites for hydroxylation is 2. The van der Waals surface area contributed by atoms with Gasteiger partial charge in [0.05, 0.1) is 0 Å². The molecule has 0 amide bonds. The number of benzene rings is 2. The summed E-state index contributed by atoms with van der Waals surface area (Å²) in [5.74, 6) is -0.330. The third-order valence-electron chi connectivity index (χ3n) is 3.23. The average Bonchev–Trinajstić information content (AvgIpc) is 2.37. The maximum Gasteiger partial charge on any atom is 0.129 e. The van der Waals surface area contributed by atoms with Gasteiger partial charge in [0, 0.05) is 16.6 Å². The van der Waals surface area contributed by atoms with Gasteiger partial charge in [-0.25, -0.2) is 4.39 Å². The largest absolute Gasteiger partial charge is 0.324 e. The van der Waals surface area contributed by atoms with Gasteiger partial charge in [0.25, 0.3) is 0 Å². The van der Waals surface area contributed by atoms with Gasteiger partial charge in [-0.15, -0.1) is 0 Å². The first-order valence-electron chi connectivity index (χ1n) is 6.32. The van der Waals surface area contributed by atoms with Crippen LogP contribution in [-0.4, -0.2) is 0 Å². The summed E-state index contributed by atoms with van der Waals surface area (Å²) in [6, 6.07) is 12.7. The van der Waals surface area contributed by atoms with Crippen molar-refractivity contribution in [2.75, 3.05) is 0 Å². The maximum atomic E-state index is 13.7. The summed E-state index contributed by atoms with van der Waals surface area (Å²) in [5, 5.41) is 0.395. The highest BCUT2D eigenvalue weighted by Gasteiger charge is 2.11. The molecular formula is C16H17ClFN. The van der Waals surface area contributed by atoms with Gasteiger partial charge >= 0.3 is 0 Å². The molecular weight excluding hydrogens is 261 g/mol. The number of hydrogen-bond acceptors (Lipinski definition) is 1. The predicted molar refractivity (Wildman–Crippen MR) is 77.8 cm³/mol. The first kappa shape index (κ1) is 14.0. The van der Waals surface area contributed by atoms with Gasteiger partial charge in [0.1, 0.15) is 5.82 Å². The monoisotopic (exact) mass is 277 g/mol. The summed E-state index contributed by atoms with van der Waals surface area (Å²) in [5.41, 5.74) is 9.02. The molecule has 2 aromatic carbocycles. The second-order valence-electron chi connectivity index (χ2n) is 4.80. The minimum absolute atomic E-state index is 0.307. The molecule has 0 spiro atoms. The van der Waals surface area contributed by atoms with Crippen molar-refractivity contribution in [3.8, 4) is 0 Å². The zero-order valence-electron chi connectivity index (χ0n) is 10.9. The van der Waals surface area contributed by atoms with Crippen molar-refractivity contribution in [3.63, 3.8) is 0 Å². The van der Waals surface area contributed by atoms with Crippen LogP contribution in [0.1, 0.15) is 29.2 Å². The van der Waals surface area contributed by atoms with Crippen molar-refractivity contribution in [3.05, 3.63) is 70.0 Å². The van der Waals surface area contributed by atoms with Crippen LogP contribution in [0.5, 0.6) is 0 Å². The summed E-state index contributed by atoms with van der Waals surface area (Å²) in [6.07, 6.45) is 1.55. The molecule has 0 radical (unpaired) electrons. The number of nitrogens with two attached hydrogens (primary N) is 1. The van der Waals surface area contributed by atoms with Crippen molar-refractivity contribution < 1.29 is 4.39 Å². The van der Waals surface area contributed by atoms with Gasteiger partial charge in [0.2, 0.25) is 0 Å². The molecule has 1 nitrogen and oxygen atoms in total. The molecule has 0 aliphatic rings. The minimum Gasteiger partial charge on any atom is -0.324 e. The SMILES string of the molecule is Cc1ccc(CCC(N)c2ccc(Cl)cc2F)cc1. The van der Waals surface area contributed by atoms with E-state index in [1.807, 2.05) is 0 Å². The average molecular weight is 278 g/mol. The van der Waals surface area contributed by atoms with Gasteiger partial charge in [-0.3, -0.25) is 0 Å². The van der Waals surface area contributed by atoms with E-state index in [4.69, 9.17) is 17.3 Å². The maximum absolute atomic E-state index is 13.7. The van der Waals surface area contributed by atoms with E-state index in [0.29, 0.717) is 17.0 Å². The van der Waals surface area contributed by atoms with Crippen LogP contribution in [0.2, 0.25) is 5.02 Å². The topological polar surface area (TPSA) is 26.0 Å². The van der Waals surface area contributed by atoms with Crippen LogP contribution in [0.15, 0.2) is 42.5 Å². The van der Waals surface area contributed by atoms with E-state index < -0.39 is 0 Å². The highest BCUT2D eigenvalue weighted by molar-refractivity contribution is 6.30. The summed E-state index contributed by atoms with van der Waals surface area (Å²) in [7, 11) is 0. The molecule has 0 aliphatic carbocycles. The van der Waals surface area contributed by atoms with Gasteiger partial charge in [0.15, 0.2) is 0 Å². The molecule has 19 heavy (non-hydrogen) atoms. The lowest BCUT2D eigenvalue weighted by atomic mass is 9.99. The molecule has 2 aromatic rings. The fourth-order valence-electron chi connectivity index (χ4n) is 2.03. The molecule has 0 fully saturated rings. The Kier molecular flexibility index (Phi) is 4.56. The Labute approximate surface area is 118 Å². The van der Waals surface area contributed by atoms with Crippen LogP contribution in [0, 0.1) is 12.7 Å². The van der Waals surface area contributed by atoms with Crippen LogP contribution in [0.25, 0.3) is 0 Å². The highest BCUT2D eigenvalue weighted by atomic mass is 35.5. The molecule has 2 N–H and O–H groups in total. The van der Waals surface area contributed by atoms with E-state index in [2.05, 4.69) is 31.2 Å². The van der Waals surface area contributed by atoms with Crippen molar-refractivity contribution in [1.29, 1.82) is 0 Å². The Morgan fingerprint density at radius 3 is 2.47 bits per heavy atom. The Bertz CT molecular complexity index is 551. The molecule has 0 saturated heterocycles. The standard InChI is InChI=1S/C16H17ClFN/c1-11-2-4-12(5-3-11)6-9-16(19)14-8-7-13(17)10-15(14)18/h2-5,7-8,10,16H,6,9,19H2,1H3. The molecule has 100 valence electrons. The van der Waals surface area contributed by atoms with E-state index in [0.717, 1.165) is 6.42 Å². The molecule has 1 atom stereocenters. The van der Waals surface area contributed by atoms with Crippen molar-refractivity contribution >= 4 is 11.6 Å². The third kappa shape index (κ3) is 3.79. The van der Waals surface area contributed by atoms with Gasteiger partial charge in [-0.2, -0.15) is 0 Å². The molecule has 0 aliphatic heterocycles. The Morgan fingerprint density at radius 1 is 1.16 bits per heavy atom. The van der Waals surface area contributed by atoms with Gasteiger partial charge in [-0.1, -0.05) is 47.5 Å². The Balaban J connectivity index is 2.01. The number of halogens is 2. The fourth-order valence-corrected chi connectivity index (χ4v) is 2.19. The molecule has 0 heterocycles. The number of rotatable bonds is 4.